The van der Waals surface area contributed by atoms with Crippen molar-refractivity contribution < 1.29 is 14.3 Å². The zero-order valence-corrected chi connectivity index (χ0v) is 18.3. The molecular weight excluding hydrogens is 538 g/mol. The van der Waals surface area contributed by atoms with Gasteiger partial charge in [-0.25, -0.2) is 19.2 Å². The molecule has 10 heteroatoms. The van der Waals surface area contributed by atoms with E-state index in [9.17, 15) is 14.3 Å². The Hall–Kier alpha value is -0.880. The maximum Gasteiger partial charge on any atom is 0.407 e. The van der Waals surface area contributed by atoms with Gasteiger partial charge >= 0.3 is 6.09 Å². The molecule has 1 aromatic heterocycles. The highest BCUT2D eigenvalue weighted by molar-refractivity contribution is 14.1. The quantitative estimate of drug-likeness (QED) is 0.266. The zero-order valence-electron chi connectivity index (χ0n) is 13.7. The largest absolute Gasteiger partial charge is 0.465 e. The number of hydrogen-bond acceptors (Lipinski definition) is 5. The van der Waals surface area contributed by atoms with Gasteiger partial charge in [-0.1, -0.05) is 18.7 Å². The van der Waals surface area contributed by atoms with Gasteiger partial charge < -0.3 is 14.9 Å². The number of piperazine rings is 1. The molecule has 2 aliphatic heterocycles. The number of anilines is 1. The van der Waals surface area contributed by atoms with Crippen molar-refractivity contribution in [3.8, 4) is 0 Å². The number of fused-ring (bicyclic) bond motifs is 3. The van der Waals surface area contributed by atoms with Crippen LogP contribution in [0.25, 0.3) is 10.9 Å². The number of thioether (sulfide) groups is 1. The van der Waals surface area contributed by atoms with E-state index in [4.69, 9.17) is 4.98 Å². The van der Waals surface area contributed by atoms with Gasteiger partial charge in [0, 0.05) is 22.0 Å². The van der Waals surface area contributed by atoms with Crippen molar-refractivity contribution in [3.05, 3.63) is 19.9 Å². The second-order valence-electron chi connectivity index (χ2n) is 6.28. The normalized spacial score (nSPS) is 21.8. The topological polar surface area (TPSA) is 69.6 Å². The van der Waals surface area contributed by atoms with Crippen LogP contribution in [0.1, 0.15) is 13.3 Å². The van der Waals surface area contributed by atoms with Gasteiger partial charge in [0.25, 0.3) is 0 Å². The third-order valence-electron chi connectivity index (χ3n) is 4.82. The van der Waals surface area contributed by atoms with Crippen molar-refractivity contribution >= 4 is 73.1 Å². The fraction of sp³-hybridized carbons (Fsp3) is 0.438. The number of nitrogens with zero attached hydrogens (tertiary/aromatic N) is 4. The lowest BCUT2D eigenvalue weighted by Crippen LogP contribution is -2.48. The zero-order chi connectivity index (χ0) is 18.6. The Morgan fingerprint density at radius 3 is 2.85 bits per heavy atom. The molecule has 2 aromatic rings. The maximum absolute atomic E-state index is 14.8. The third kappa shape index (κ3) is 2.93. The lowest BCUT2D eigenvalue weighted by molar-refractivity contribution is 0.137. The SMILES string of the molecule is CCSc1nc(N2C[C@@H]3C[C@H]2CN3C(=O)O)c2cc(I)c(Br)c(F)c2n1. The Morgan fingerprint density at radius 1 is 1.46 bits per heavy atom. The van der Waals surface area contributed by atoms with Gasteiger partial charge in [-0.2, -0.15) is 0 Å². The van der Waals surface area contributed by atoms with Gasteiger partial charge in [-0.15, -0.1) is 0 Å². The number of aromatic nitrogens is 2. The van der Waals surface area contributed by atoms with E-state index < -0.39 is 6.09 Å². The van der Waals surface area contributed by atoms with Crippen LogP contribution in [0.5, 0.6) is 0 Å². The average Bonchev–Trinajstić information content (AvgIpc) is 3.21. The molecule has 2 bridgehead atoms. The van der Waals surface area contributed by atoms with Gasteiger partial charge in [-0.05, 0) is 56.8 Å². The Balaban J connectivity index is 1.83. The van der Waals surface area contributed by atoms with Gasteiger partial charge in [0.05, 0.1) is 16.6 Å². The summed E-state index contributed by atoms with van der Waals surface area (Å²) in [5, 5.41) is 10.5. The van der Waals surface area contributed by atoms with Gasteiger partial charge in [0.15, 0.2) is 11.0 Å². The molecule has 4 rings (SSSR count). The molecule has 0 spiro atoms. The summed E-state index contributed by atoms with van der Waals surface area (Å²) >= 11 is 6.85. The average molecular weight is 553 g/mol. The fourth-order valence-electron chi connectivity index (χ4n) is 3.71. The van der Waals surface area contributed by atoms with Crippen LogP contribution in [-0.2, 0) is 0 Å². The highest BCUT2D eigenvalue weighted by Crippen LogP contribution is 2.40. The number of carboxylic acid groups (broad SMARTS) is 1. The first-order chi connectivity index (χ1) is 12.4. The van der Waals surface area contributed by atoms with Crippen molar-refractivity contribution in [2.45, 2.75) is 30.6 Å². The number of benzene rings is 1. The fourth-order valence-corrected chi connectivity index (χ4v) is 5.13. The van der Waals surface area contributed by atoms with E-state index in [1.807, 2.05) is 13.0 Å². The van der Waals surface area contributed by atoms with Crippen molar-refractivity contribution in [3.63, 3.8) is 0 Å². The van der Waals surface area contributed by atoms with Gasteiger partial charge in [0.1, 0.15) is 11.3 Å². The van der Waals surface area contributed by atoms with E-state index in [1.165, 1.54) is 16.7 Å². The molecule has 0 radical (unpaired) electrons. The van der Waals surface area contributed by atoms with Crippen molar-refractivity contribution in [2.24, 2.45) is 0 Å². The summed E-state index contributed by atoms with van der Waals surface area (Å²) in [6, 6.07) is 1.92. The predicted octanol–water partition coefficient (Wildman–Crippen LogP) is 4.19. The summed E-state index contributed by atoms with van der Waals surface area (Å²) in [6.07, 6.45) is -0.0964. The van der Waals surface area contributed by atoms with E-state index >= 15 is 0 Å². The first-order valence-electron chi connectivity index (χ1n) is 8.15. The maximum atomic E-state index is 14.8. The summed E-state index contributed by atoms with van der Waals surface area (Å²) in [5.41, 5.74) is 0.302. The number of amides is 1. The molecule has 2 atom stereocenters. The molecule has 26 heavy (non-hydrogen) atoms. The van der Waals surface area contributed by atoms with Crippen molar-refractivity contribution in [1.29, 1.82) is 0 Å². The van der Waals surface area contributed by atoms with E-state index in [1.54, 1.807) is 0 Å². The Morgan fingerprint density at radius 2 is 2.23 bits per heavy atom. The molecular formula is C16H15BrFIN4O2S. The molecule has 0 unspecified atom stereocenters. The Bertz CT molecular complexity index is 918. The van der Waals surface area contributed by atoms with E-state index in [0.29, 0.717) is 39.4 Å². The molecule has 3 heterocycles. The highest BCUT2D eigenvalue weighted by Gasteiger charge is 2.46. The minimum atomic E-state index is -0.878. The van der Waals surface area contributed by atoms with E-state index in [0.717, 1.165) is 15.7 Å². The standard InChI is InChI=1S/C16H15BrFIN4O2S/c1-2-26-15-20-13-9(4-10(19)11(17)12(13)18)14(21-15)22-5-8-3-7(22)6-23(8)16(24)25/h4,7-8H,2-3,5-6H2,1H3,(H,24,25)/t7-,8-/m0/s1. The number of halogens is 3. The van der Waals surface area contributed by atoms with Gasteiger partial charge in [0.2, 0.25) is 0 Å². The minimum Gasteiger partial charge on any atom is -0.465 e. The van der Waals surface area contributed by atoms with Crippen LogP contribution in [0.4, 0.5) is 15.0 Å². The first kappa shape index (κ1) is 18.5. The van der Waals surface area contributed by atoms with E-state index in [2.05, 4.69) is 48.4 Å². The molecule has 1 amide bonds. The van der Waals surface area contributed by atoms with Crippen molar-refractivity contribution in [1.82, 2.24) is 14.9 Å². The monoisotopic (exact) mass is 552 g/mol. The molecule has 6 nitrogen and oxygen atoms in total. The van der Waals surface area contributed by atoms with E-state index in [-0.39, 0.29) is 17.9 Å². The lowest BCUT2D eigenvalue weighted by Gasteiger charge is -2.34. The van der Waals surface area contributed by atoms with Crippen LogP contribution in [0.3, 0.4) is 0 Å². The van der Waals surface area contributed by atoms with Crippen molar-refractivity contribution in [2.75, 3.05) is 23.7 Å². The second kappa shape index (κ2) is 6.93. The predicted molar refractivity (Wildman–Crippen MR) is 111 cm³/mol. The summed E-state index contributed by atoms with van der Waals surface area (Å²) < 4.78 is 16.0. The smallest absolute Gasteiger partial charge is 0.407 e. The molecule has 2 saturated heterocycles. The minimum absolute atomic E-state index is 0.0378. The number of rotatable bonds is 3. The number of hydrogen-bond donors (Lipinski definition) is 1. The first-order valence-corrected chi connectivity index (χ1v) is 11.0. The number of likely N-dealkylation sites (tertiary alicyclic amines) is 1. The molecule has 0 aliphatic carbocycles. The van der Waals surface area contributed by atoms with Crippen LogP contribution in [0.2, 0.25) is 0 Å². The summed E-state index contributed by atoms with van der Waals surface area (Å²) in [5.74, 6) is 1.11. The Labute approximate surface area is 175 Å². The van der Waals surface area contributed by atoms with Gasteiger partial charge in [-0.3, -0.25) is 0 Å². The van der Waals surface area contributed by atoms with Crippen LogP contribution < -0.4 is 4.90 Å². The summed E-state index contributed by atoms with van der Waals surface area (Å²) in [7, 11) is 0. The number of carbonyl (C=O) groups is 1. The summed E-state index contributed by atoms with van der Waals surface area (Å²) in [6.45, 7) is 3.03. The molecule has 0 saturated carbocycles. The molecule has 1 N–H and O–H groups in total. The third-order valence-corrected chi connectivity index (χ3v) is 7.91. The summed E-state index contributed by atoms with van der Waals surface area (Å²) in [4.78, 5) is 24.1. The van der Waals surface area contributed by atoms with Crippen LogP contribution >= 0.6 is 50.3 Å². The molecule has 2 aliphatic rings. The molecule has 1 aromatic carbocycles. The van der Waals surface area contributed by atoms with Crippen LogP contribution in [0, 0.1) is 9.39 Å². The lowest BCUT2D eigenvalue weighted by atomic mass is 10.2. The Kier molecular flexibility index (Phi) is 4.93. The molecule has 138 valence electrons. The highest BCUT2D eigenvalue weighted by atomic mass is 127. The molecule has 2 fully saturated rings. The van der Waals surface area contributed by atoms with Crippen LogP contribution in [-0.4, -0.2) is 57.0 Å². The second-order valence-corrected chi connectivity index (χ2v) is 9.46. The van der Waals surface area contributed by atoms with Crippen LogP contribution in [0.15, 0.2) is 15.7 Å².